The molecule has 2 aromatic carbocycles. The quantitative estimate of drug-likeness (QED) is 0.637. The van der Waals surface area contributed by atoms with Crippen LogP contribution in [0.3, 0.4) is 0 Å². The van der Waals surface area contributed by atoms with Gasteiger partial charge in [0, 0.05) is 11.7 Å². The molecule has 1 amide bonds. The van der Waals surface area contributed by atoms with Crippen LogP contribution in [-0.2, 0) is 9.53 Å². The minimum Gasteiger partial charge on any atom is -0.493 e. The number of carbonyl (C=O) groups is 2. The number of amides is 1. The van der Waals surface area contributed by atoms with E-state index in [-0.39, 0.29) is 29.0 Å². The molecule has 0 N–H and O–H groups in total. The second-order valence-corrected chi connectivity index (χ2v) is 6.01. The van der Waals surface area contributed by atoms with E-state index in [4.69, 9.17) is 9.47 Å². The van der Waals surface area contributed by atoms with Gasteiger partial charge in [-0.1, -0.05) is 18.2 Å². The van der Waals surface area contributed by atoms with Gasteiger partial charge < -0.3 is 19.1 Å². The molecule has 0 unspecified atom stereocenters. The normalized spacial score (nSPS) is 10.7. The van der Waals surface area contributed by atoms with Gasteiger partial charge in [0.1, 0.15) is 0 Å². The van der Waals surface area contributed by atoms with E-state index in [1.807, 2.05) is 19.9 Å². The zero-order valence-corrected chi connectivity index (χ0v) is 15.7. The summed E-state index contributed by atoms with van der Waals surface area (Å²) in [4.78, 5) is 26.3. The summed E-state index contributed by atoms with van der Waals surface area (Å²) in [5.41, 5.74) is 0.732. The third-order valence-electron chi connectivity index (χ3n) is 3.76. The topological polar surface area (TPSA) is 65.1 Å². The van der Waals surface area contributed by atoms with Crippen molar-refractivity contribution < 1.29 is 32.6 Å². The fourth-order valence-electron chi connectivity index (χ4n) is 2.59. The van der Waals surface area contributed by atoms with E-state index in [2.05, 4.69) is 4.74 Å². The number of halogens is 2. The molecule has 2 aromatic rings. The van der Waals surface area contributed by atoms with E-state index >= 15 is 0 Å². The van der Waals surface area contributed by atoms with E-state index in [9.17, 15) is 18.4 Å². The molecule has 0 aliphatic carbocycles. The summed E-state index contributed by atoms with van der Waals surface area (Å²) < 4.78 is 39.1. The van der Waals surface area contributed by atoms with Gasteiger partial charge in [0.25, 0.3) is 5.91 Å². The van der Waals surface area contributed by atoms with Crippen molar-refractivity contribution in [2.45, 2.75) is 26.5 Å². The molecule has 0 aliphatic rings. The fraction of sp³-hybridized carbons (Fsp3) is 0.300. The maximum Gasteiger partial charge on any atom is 0.387 e. The Hall–Kier alpha value is -3.16. The van der Waals surface area contributed by atoms with Crippen LogP contribution in [0.25, 0.3) is 0 Å². The van der Waals surface area contributed by atoms with Gasteiger partial charge in [-0.3, -0.25) is 4.79 Å². The maximum atomic E-state index is 12.5. The molecule has 0 aromatic heterocycles. The zero-order valence-electron chi connectivity index (χ0n) is 15.7. The Balaban J connectivity index is 2.07. The van der Waals surface area contributed by atoms with Gasteiger partial charge in [-0.05, 0) is 44.2 Å². The van der Waals surface area contributed by atoms with Crippen molar-refractivity contribution in [1.29, 1.82) is 0 Å². The lowest BCUT2D eigenvalue weighted by molar-refractivity contribution is -0.122. The lowest BCUT2D eigenvalue weighted by Crippen LogP contribution is -2.39. The first kappa shape index (κ1) is 21.1. The van der Waals surface area contributed by atoms with Crippen LogP contribution in [0, 0.1) is 0 Å². The molecule has 0 spiro atoms. The summed E-state index contributed by atoms with van der Waals surface area (Å²) in [6, 6.07) is 12.5. The highest BCUT2D eigenvalue weighted by Gasteiger charge is 2.21. The van der Waals surface area contributed by atoms with Crippen molar-refractivity contribution in [3.05, 3.63) is 54.1 Å². The molecule has 0 bridgehead atoms. The number of para-hydroxylation sites is 1. The molecule has 8 heteroatoms. The van der Waals surface area contributed by atoms with Gasteiger partial charge >= 0.3 is 12.6 Å². The summed E-state index contributed by atoms with van der Waals surface area (Å²) in [7, 11) is 1.26. The van der Waals surface area contributed by atoms with Crippen LogP contribution in [0.2, 0.25) is 0 Å². The van der Waals surface area contributed by atoms with Crippen LogP contribution in [0.4, 0.5) is 14.5 Å². The predicted molar refractivity (Wildman–Crippen MR) is 99.0 cm³/mol. The number of ether oxygens (including phenoxy) is 3. The van der Waals surface area contributed by atoms with Crippen LogP contribution >= 0.6 is 0 Å². The van der Waals surface area contributed by atoms with Gasteiger partial charge in [-0.25, -0.2) is 4.79 Å². The minimum absolute atomic E-state index is 0.0436. The van der Waals surface area contributed by atoms with Crippen LogP contribution in [0.5, 0.6) is 11.5 Å². The van der Waals surface area contributed by atoms with E-state index in [1.54, 1.807) is 24.3 Å². The number of hydrogen-bond acceptors (Lipinski definition) is 5. The van der Waals surface area contributed by atoms with Crippen molar-refractivity contribution in [3.8, 4) is 11.5 Å². The van der Waals surface area contributed by atoms with Gasteiger partial charge in [0.05, 0.1) is 12.7 Å². The van der Waals surface area contributed by atoms with Crippen molar-refractivity contribution in [3.63, 3.8) is 0 Å². The summed E-state index contributed by atoms with van der Waals surface area (Å²) >= 11 is 0. The second-order valence-electron chi connectivity index (χ2n) is 6.01. The van der Waals surface area contributed by atoms with Crippen molar-refractivity contribution >= 4 is 17.6 Å². The monoisotopic (exact) mass is 393 g/mol. The smallest absolute Gasteiger partial charge is 0.387 e. The summed E-state index contributed by atoms with van der Waals surface area (Å²) in [6.45, 7) is 0.201. The SMILES string of the molecule is COc1cc(C(=O)OCC(=O)N(c2ccccc2)C(C)C)ccc1OC(F)F. The van der Waals surface area contributed by atoms with E-state index < -0.39 is 19.2 Å². The molecule has 0 radical (unpaired) electrons. The van der Waals surface area contributed by atoms with E-state index in [1.165, 1.54) is 30.2 Å². The van der Waals surface area contributed by atoms with Crippen molar-refractivity contribution in [1.82, 2.24) is 0 Å². The molecular weight excluding hydrogens is 372 g/mol. The third-order valence-corrected chi connectivity index (χ3v) is 3.76. The molecule has 0 heterocycles. The number of methoxy groups -OCH3 is 1. The highest BCUT2D eigenvalue weighted by molar-refractivity contribution is 5.97. The zero-order chi connectivity index (χ0) is 20.7. The van der Waals surface area contributed by atoms with Crippen LogP contribution in [-0.4, -0.2) is 38.2 Å². The molecule has 0 atom stereocenters. The van der Waals surface area contributed by atoms with E-state index in [0.717, 1.165) is 0 Å². The molecule has 6 nitrogen and oxygen atoms in total. The molecule has 0 aliphatic heterocycles. The Labute approximate surface area is 161 Å². The van der Waals surface area contributed by atoms with E-state index in [0.29, 0.717) is 5.69 Å². The largest absolute Gasteiger partial charge is 0.493 e. The maximum absolute atomic E-state index is 12.5. The highest BCUT2D eigenvalue weighted by atomic mass is 19.3. The summed E-state index contributed by atoms with van der Waals surface area (Å²) in [5, 5.41) is 0. The third kappa shape index (κ3) is 5.42. The van der Waals surface area contributed by atoms with Gasteiger partial charge in [-0.2, -0.15) is 8.78 Å². The van der Waals surface area contributed by atoms with Crippen LogP contribution < -0.4 is 14.4 Å². The molecule has 28 heavy (non-hydrogen) atoms. The first-order valence-corrected chi connectivity index (χ1v) is 8.50. The van der Waals surface area contributed by atoms with Crippen LogP contribution in [0.15, 0.2) is 48.5 Å². The Morgan fingerprint density at radius 3 is 2.29 bits per heavy atom. The molecule has 150 valence electrons. The number of alkyl halides is 2. The molecule has 0 fully saturated rings. The standard InChI is InChI=1S/C20H21F2NO5/c1-13(2)23(15-7-5-4-6-8-15)18(24)12-27-19(25)14-9-10-16(28-20(21)22)17(11-14)26-3/h4-11,13,20H,12H2,1-3H3. The number of rotatable bonds is 8. The number of nitrogens with zero attached hydrogens (tertiary/aromatic N) is 1. The minimum atomic E-state index is -3.02. The number of benzene rings is 2. The molecular formula is C20H21F2NO5. The second kappa shape index (κ2) is 9.68. The van der Waals surface area contributed by atoms with Crippen LogP contribution in [0.1, 0.15) is 24.2 Å². The van der Waals surface area contributed by atoms with Crippen molar-refractivity contribution in [2.75, 3.05) is 18.6 Å². The Morgan fingerprint density at radius 2 is 1.71 bits per heavy atom. The molecule has 0 saturated heterocycles. The van der Waals surface area contributed by atoms with Crippen molar-refractivity contribution in [2.24, 2.45) is 0 Å². The van der Waals surface area contributed by atoms with Gasteiger partial charge in [0.2, 0.25) is 0 Å². The lowest BCUT2D eigenvalue weighted by Gasteiger charge is -2.26. The number of hydrogen-bond donors (Lipinski definition) is 0. The van der Waals surface area contributed by atoms with Gasteiger partial charge in [0.15, 0.2) is 18.1 Å². The summed E-state index contributed by atoms with van der Waals surface area (Å²) in [6.07, 6.45) is 0. The Morgan fingerprint density at radius 1 is 1.04 bits per heavy atom. The number of esters is 1. The molecule has 0 saturated carbocycles. The predicted octanol–water partition coefficient (Wildman–Crippen LogP) is 3.90. The lowest BCUT2D eigenvalue weighted by atomic mass is 10.2. The Kier molecular flexibility index (Phi) is 7.31. The van der Waals surface area contributed by atoms with Gasteiger partial charge in [-0.15, -0.1) is 0 Å². The number of anilines is 1. The summed E-state index contributed by atoms with van der Waals surface area (Å²) in [5.74, 6) is -1.43. The Bertz CT molecular complexity index is 811. The average molecular weight is 393 g/mol. The first-order valence-electron chi connectivity index (χ1n) is 8.50. The average Bonchev–Trinajstić information content (AvgIpc) is 2.66. The fourth-order valence-corrected chi connectivity index (χ4v) is 2.59. The highest BCUT2D eigenvalue weighted by Crippen LogP contribution is 2.29. The first-order chi connectivity index (χ1) is 13.3. The number of carbonyl (C=O) groups excluding carboxylic acids is 2. The molecule has 2 rings (SSSR count).